The molecular weight excluding hydrogens is 396 g/mol. The molecule has 1 aromatic heterocycles. The molecule has 4 N–H and O–H groups in total. The van der Waals surface area contributed by atoms with E-state index in [1.807, 2.05) is 0 Å². The summed E-state index contributed by atoms with van der Waals surface area (Å²) in [7, 11) is 1.56. The Morgan fingerprint density at radius 3 is 2.38 bits per heavy atom. The summed E-state index contributed by atoms with van der Waals surface area (Å²) >= 11 is 5.51. The zero-order valence-corrected chi connectivity index (χ0v) is 16.7. The lowest BCUT2D eigenvalue weighted by molar-refractivity contribution is -0.252. The van der Waals surface area contributed by atoms with Crippen LogP contribution in [0.15, 0.2) is 30.3 Å². The van der Waals surface area contributed by atoms with Crippen molar-refractivity contribution >= 4 is 12.2 Å². The Hall–Kier alpha value is -2.32. The molecule has 9 heteroatoms. The van der Waals surface area contributed by atoms with Gasteiger partial charge in [-0.25, -0.2) is 0 Å². The Labute approximate surface area is 172 Å². The molecule has 0 amide bonds. The average Bonchev–Trinajstić information content (AvgIpc) is 2.73. The zero-order chi connectivity index (χ0) is 21.3. The Bertz CT molecular complexity index is 982. The summed E-state index contributed by atoms with van der Waals surface area (Å²) in [5.74, 6) is 0.676. The van der Waals surface area contributed by atoms with Crippen LogP contribution in [0.25, 0.3) is 11.1 Å². The summed E-state index contributed by atoms with van der Waals surface area (Å²) in [6.07, 6.45) is -6.77. The molecule has 1 saturated heterocycles. The molecule has 0 aliphatic carbocycles. The van der Waals surface area contributed by atoms with Crippen molar-refractivity contribution in [1.29, 1.82) is 5.26 Å². The monoisotopic (exact) mass is 418 g/mol. The lowest BCUT2D eigenvalue weighted by atomic mass is 9.97. The minimum absolute atomic E-state index is 0.114. The van der Waals surface area contributed by atoms with Gasteiger partial charge in [0.05, 0.1) is 19.3 Å². The summed E-state index contributed by atoms with van der Waals surface area (Å²) in [4.78, 5) is 0. The van der Waals surface area contributed by atoms with Crippen molar-refractivity contribution in [2.75, 3.05) is 13.7 Å². The van der Waals surface area contributed by atoms with Crippen molar-refractivity contribution in [3.8, 4) is 22.9 Å². The molecule has 1 aliphatic heterocycles. The number of hydrogen-bond acceptors (Lipinski definition) is 8. The number of aliphatic hydroxyl groups is 4. The molecule has 3 rings (SSSR count). The number of pyridine rings is 1. The van der Waals surface area contributed by atoms with E-state index in [4.69, 9.17) is 21.7 Å². The highest BCUT2D eigenvalue weighted by atomic mass is 32.1. The van der Waals surface area contributed by atoms with E-state index in [-0.39, 0.29) is 10.2 Å². The van der Waals surface area contributed by atoms with Gasteiger partial charge in [0.1, 0.15) is 40.9 Å². The van der Waals surface area contributed by atoms with Gasteiger partial charge >= 0.3 is 0 Å². The first-order valence-corrected chi connectivity index (χ1v) is 9.36. The highest BCUT2D eigenvalue weighted by Gasteiger charge is 2.44. The van der Waals surface area contributed by atoms with E-state index in [1.54, 1.807) is 44.4 Å². The van der Waals surface area contributed by atoms with Crippen molar-refractivity contribution in [2.45, 2.75) is 37.6 Å². The fraction of sp³-hybridized carbons (Fsp3) is 0.400. The highest BCUT2D eigenvalue weighted by molar-refractivity contribution is 7.71. The van der Waals surface area contributed by atoms with Crippen LogP contribution in [0.3, 0.4) is 0 Å². The van der Waals surface area contributed by atoms with E-state index in [1.165, 1.54) is 4.57 Å². The molecule has 0 saturated carbocycles. The Balaban J connectivity index is 2.12. The van der Waals surface area contributed by atoms with Gasteiger partial charge in [-0.3, -0.25) is 0 Å². The molecule has 1 fully saturated rings. The molecule has 0 spiro atoms. The van der Waals surface area contributed by atoms with Crippen LogP contribution in [0.5, 0.6) is 5.75 Å². The smallest absolute Gasteiger partial charge is 0.164 e. The van der Waals surface area contributed by atoms with E-state index in [2.05, 4.69) is 6.07 Å². The fourth-order valence-electron chi connectivity index (χ4n) is 3.46. The van der Waals surface area contributed by atoms with Crippen LogP contribution in [-0.2, 0) is 4.74 Å². The number of methoxy groups -OCH3 is 1. The van der Waals surface area contributed by atoms with E-state index in [0.717, 1.165) is 5.56 Å². The van der Waals surface area contributed by atoms with Crippen molar-refractivity contribution in [2.24, 2.45) is 0 Å². The highest BCUT2D eigenvalue weighted by Crippen LogP contribution is 2.33. The van der Waals surface area contributed by atoms with Crippen molar-refractivity contribution in [3.05, 3.63) is 46.2 Å². The number of ether oxygens (including phenoxy) is 2. The maximum absolute atomic E-state index is 10.5. The maximum Gasteiger partial charge on any atom is 0.164 e. The number of nitriles is 1. The number of aliphatic hydroxyl groups excluding tert-OH is 4. The van der Waals surface area contributed by atoms with Crippen LogP contribution >= 0.6 is 12.2 Å². The number of rotatable bonds is 4. The lowest BCUT2D eigenvalue weighted by Gasteiger charge is -2.41. The predicted octanol–water partition coefficient (Wildman–Crippen LogP) is 1.05. The first-order chi connectivity index (χ1) is 13.8. The molecule has 0 unspecified atom stereocenters. The van der Waals surface area contributed by atoms with E-state index in [0.29, 0.717) is 17.0 Å². The summed E-state index contributed by atoms with van der Waals surface area (Å²) in [6.45, 7) is 1.17. The third-order valence-corrected chi connectivity index (χ3v) is 5.47. The summed E-state index contributed by atoms with van der Waals surface area (Å²) in [5.41, 5.74) is 2.15. The van der Waals surface area contributed by atoms with Crippen LogP contribution in [-0.4, -0.2) is 63.1 Å². The standard InChI is InChI=1S/C20H22N2O6S/c1-10-7-13(11-3-5-12(27-2)6-4-11)14(8-21)20(29)22(10)19-18(26)17(25)16(24)15(9-23)28-19/h3-7,15-19,23-26H,9H2,1-2H3/t15-,16+,17+,18-,19-/m1/s1. The second kappa shape index (κ2) is 8.59. The number of aryl methyl sites for hydroxylation is 1. The molecule has 0 radical (unpaired) electrons. The first kappa shape index (κ1) is 21.4. The third-order valence-electron chi connectivity index (χ3n) is 5.07. The molecule has 154 valence electrons. The minimum atomic E-state index is -1.54. The van der Waals surface area contributed by atoms with Gasteiger partial charge in [0, 0.05) is 11.3 Å². The molecule has 2 heterocycles. The molecule has 1 aromatic carbocycles. The molecule has 0 bridgehead atoms. The number of benzene rings is 1. The normalized spacial score (nSPS) is 26.7. The molecule has 29 heavy (non-hydrogen) atoms. The van der Waals surface area contributed by atoms with E-state index < -0.39 is 37.3 Å². The molecule has 8 nitrogen and oxygen atoms in total. The maximum atomic E-state index is 10.5. The number of hydrogen-bond donors (Lipinski definition) is 4. The minimum Gasteiger partial charge on any atom is -0.497 e. The van der Waals surface area contributed by atoms with Gasteiger partial charge in [-0.1, -0.05) is 24.4 Å². The SMILES string of the molecule is COc1ccc(-c2cc(C)n([C@@H]3O[C@H](CO)[C@H](O)[C@H](O)[C@H]3O)c(=S)c2C#N)cc1. The van der Waals surface area contributed by atoms with Crippen LogP contribution in [0.2, 0.25) is 0 Å². The summed E-state index contributed by atoms with van der Waals surface area (Å²) in [5, 5.41) is 49.7. The molecule has 5 atom stereocenters. The van der Waals surface area contributed by atoms with E-state index in [9.17, 15) is 25.7 Å². The number of nitrogens with zero attached hydrogens (tertiary/aromatic N) is 2. The quantitative estimate of drug-likeness (QED) is 0.543. The van der Waals surface area contributed by atoms with Gasteiger partial charge in [0.2, 0.25) is 0 Å². The fourth-order valence-corrected chi connectivity index (χ4v) is 3.87. The van der Waals surface area contributed by atoms with Crippen molar-refractivity contribution in [1.82, 2.24) is 4.57 Å². The van der Waals surface area contributed by atoms with Crippen molar-refractivity contribution in [3.63, 3.8) is 0 Å². The van der Waals surface area contributed by atoms with Gasteiger partial charge in [-0.05, 0) is 30.7 Å². The topological polar surface area (TPSA) is 128 Å². The van der Waals surface area contributed by atoms with E-state index >= 15 is 0 Å². The summed E-state index contributed by atoms with van der Waals surface area (Å²) in [6, 6.07) is 11.0. The largest absolute Gasteiger partial charge is 0.497 e. The Morgan fingerprint density at radius 2 is 1.83 bits per heavy atom. The molecular formula is C20H22N2O6S. The van der Waals surface area contributed by atoms with Gasteiger partial charge in [-0.2, -0.15) is 5.26 Å². The van der Waals surface area contributed by atoms with Gasteiger partial charge < -0.3 is 34.5 Å². The number of aromatic nitrogens is 1. The third kappa shape index (κ3) is 3.79. The molecule has 1 aliphatic rings. The Kier molecular flexibility index (Phi) is 6.33. The second-order valence-corrected chi connectivity index (χ2v) is 7.20. The average molecular weight is 418 g/mol. The first-order valence-electron chi connectivity index (χ1n) is 8.95. The second-order valence-electron chi connectivity index (χ2n) is 6.81. The Morgan fingerprint density at radius 1 is 1.17 bits per heavy atom. The van der Waals surface area contributed by atoms with Gasteiger partial charge in [-0.15, -0.1) is 0 Å². The van der Waals surface area contributed by atoms with Crippen LogP contribution < -0.4 is 4.74 Å². The molecule has 2 aromatic rings. The summed E-state index contributed by atoms with van der Waals surface area (Å²) < 4.78 is 12.3. The predicted molar refractivity (Wildman–Crippen MR) is 106 cm³/mol. The van der Waals surface area contributed by atoms with Crippen LogP contribution in [0.1, 0.15) is 17.5 Å². The van der Waals surface area contributed by atoms with Crippen LogP contribution in [0.4, 0.5) is 0 Å². The van der Waals surface area contributed by atoms with Crippen molar-refractivity contribution < 1.29 is 29.9 Å². The van der Waals surface area contributed by atoms with Gasteiger partial charge in [0.15, 0.2) is 6.23 Å². The lowest BCUT2D eigenvalue weighted by Crippen LogP contribution is -2.56. The van der Waals surface area contributed by atoms with Crippen LogP contribution in [0, 0.1) is 22.9 Å². The van der Waals surface area contributed by atoms with Gasteiger partial charge in [0.25, 0.3) is 0 Å². The zero-order valence-electron chi connectivity index (χ0n) is 15.9.